The largest absolute Gasteiger partial charge is 0.398 e. The quantitative estimate of drug-likeness (QED) is 0.835. The van der Waals surface area contributed by atoms with E-state index in [-0.39, 0.29) is 0 Å². The van der Waals surface area contributed by atoms with Crippen LogP contribution in [0.25, 0.3) is 0 Å². The van der Waals surface area contributed by atoms with Crippen molar-refractivity contribution < 1.29 is 0 Å². The van der Waals surface area contributed by atoms with Gasteiger partial charge in [0.05, 0.1) is 0 Å². The zero-order valence-electron chi connectivity index (χ0n) is 10.6. The predicted octanol–water partition coefficient (Wildman–Crippen LogP) is 3.70. The van der Waals surface area contributed by atoms with Crippen LogP contribution < -0.4 is 11.1 Å². The van der Waals surface area contributed by atoms with E-state index in [9.17, 15) is 0 Å². The SMILES string of the molecule is CC1(C)CCC(NCc2ccc(Br)cc2N)C1. The highest BCUT2D eigenvalue weighted by Gasteiger charge is 2.30. The Labute approximate surface area is 112 Å². The van der Waals surface area contributed by atoms with E-state index >= 15 is 0 Å². The summed E-state index contributed by atoms with van der Waals surface area (Å²) in [6.07, 6.45) is 3.87. The van der Waals surface area contributed by atoms with Gasteiger partial charge in [-0.1, -0.05) is 35.8 Å². The number of anilines is 1. The van der Waals surface area contributed by atoms with Crippen molar-refractivity contribution in [3.63, 3.8) is 0 Å². The summed E-state index contributed by atoms with van der Waals surface area (Å²) in [7, 11) is 0. The van der Waals surface area contributed by atoms with Crippen molar-refractivity contribution in [3.05, 3.63) is 28.2 Å². The molecule has 0 aromatic heterocycles. The van der Waals surface area contributed by atoms with Gasteiger partial charge in [-0.15, -0.1) is 0 Å². The maximum Gasteiger partial charge on any atom is 0.0370 e. The Hall–Kier alpha value is -0.540. The van der Waals surface area contributed by atoms with E-state index in [0.717, 1.165) is 16.7 Å². The number of hydrogen-bond donors (Lipinski definition) is 2. The first-order chi connectivity index (χ1) is 7.96. The molecule has 1 unspecified atom stereocenters. The van der Waals surface area contributed by atoms with Gasteiger partial charge in [0.1, 0.15) is 0 Å². The molecule has 94 valence electrons. The molecule has 1 atom stereocenters. The van der Waals surface area contributed by atoms with Gasteiger partial charge in [0.2, 0.25) is 0 Å². The molecule has 2 rings (SSSR count). The van der Waals surface area contributed by atoms with Crippen LogP contribution in [-0.4, -0.2) is 6.04 Å². The lowest BCUT2D eigenvalue weighted by Gasteiger charge is -2.18. The third-order valence-electron chi connectivity index (χ3n) is 3.66. The molecule has 0 spiro atoms. The molecule has 0 radical (unpaired) electrons. The van der Waals surface area contributed by atoms with Crippen molar-refractivity contribution in [2.24, 2.45) is 5.41 Å². The van der Waals surface area contributed by atoms with E-state index in [0.29, 0.717) is 11.5 Å². The summed E-state index contributed by atoms with van der Waals surface area (Å²) in [5, 5.41) is 3.62. The highest BCUT2D eigenvalue weighted by molar-refractivity contribution is 9.10. The van der Waals surface area contributed by atoms with Crippen LogP contribution in [0.5, 0.6) is 0 Å². The fourth-order valence-electron chi connectivity index (χ4n) is 2.59. The van der Waals surface area contributed by atoms with Gasteiger partial charge in [0, 0.05) is 22.7 Å². The first-order valence-corrected chi connectivity index (χ1v) is 7.03. The third kappa shape index (κ3) is 3.46. The molecule has 0 amide bonds. The Balaban J connectivity index is 1.90. The van der Waals surface area contributed by atoms with Gasteiger partial charge in [0.25, 0.3) is 0 Å². The van der Waals surface area contributed by atoms with Crippen molar-refractivity contribution in [1.82, 2.24) is 5.32 Å². The van der Waals surface area contributed by atoms with Crippen molar-refractivity contribution in [3.8, 4) is 0 Å². The average molecular weight is 297 g/mol. The Kier molecular flexibility index (Phi) is 3.79. The summed E-state index contributed by atoms with van der Waals surface area (Å²) in [4.78, 5) is 0. The van der Waals surface area contributed by atoms with E-state index in [1.165, 1.54) is 24.8 Å². The van der Waals surface area contributed by atoms with Gasteiger partial charge < -0.3 is 11.1 Å². The number of rotatable bonds is 3. The third-order valence-corrected chi connectivity index (χ3v) is 4.15. The van der Waals surface area contributed by atoms with Crippen LogP contribution in [0.3, 0.4) is 0 Å². The van der Waals surface area contributed by atoms with Crippen LogP contribution in [0.2, 0.25) is 0 Å². The number of nitrogen functional groups attached to an aromatic ring is 1. The lowest BCUT2D eigenvalue weighted by Crippen LogP contribution is -2.27. The molecule has 1 saturated carbocycles. The normalized spacial score (nSPS) is 22.9. The van der Waals surface area contributed by atoms with E-state index in [4.69, 9.17) is 5.73 Å². The van der Waals surface area contributed by atoms with Crippen LogP contribution in [0, 0.1) is 5.41 Å². The Morgan fingerprint density at radius 2 is 2.24 bits per heavy atom. The smallest absolute Gasteiger partial charge is 0.0370 e. The van der Waals surface area contributed by atoms with Crippen molar-refractivity contribution in [2.75, 3.05) is 5.73 Å². The maximum absolute atomic E-state index is 5.99. The van der Waals surface area contributed by atoms with Gasteiger partial charge in [-0.05, 0) is 42.4 Å². The van der Waals surface area contributed by atoms with Gasteiger partial charge >= 0.3 is 0 Å². The standard InChI is InChI=1S/C14H21BrN2/c1-14(2)6-5-12(8-14)17-9-10-3-4-11(15)7-13(10)16/h3-4,7,12,17H,5-6,8-9,16H2,1-2H3. The molecule has 3 heteroatoms. The molecule has 1 aromatic carbocycles. The molecule has 3 N–H and O–H groups in total. The van der Waals surface area contributed by atoms with Gasteiger partial charge in [-0.25, -0.2) is 0 Å². The summed E-state index contributed by atoms with van der Waals surface area (Å²) in [6.45, 7) is 5.57. The van der Waals surface area contributed by atoms with E-state index in [1.807, 2.05) is 12.1 Å². The summed E-state index contributed by atoms with van der Waals surface area (Å²) in [6, 6.07) is 6.75. The highest BCUT2D eigenvalue weighted by atomic mass is 79.9. The lowest BCUT2D eigenvalue weighted by atomic mass is 9.92. The van der Waals surface area contributed by atoms with Gasteiger partial charge in [-0.2, -0.15) is 0 Å². The molecule has 0 aliphatic heterocycles. The summed E-state index contributed by atoms with van der Waals surface area (Å²) < 4.78 is 1.04. The minimum atomic E-state index is 0.503. The fraction of sp³-hybridized carbons (Fsp3) is 0.571. The molecule has 1 aliphatic rings. The van der Waals surface area contributed by atoms with E-state index in [2.05, 4.69) is 41.2 Å². The van der Waals surface area contributed by atoms with Crippen LogP contribution in [-0.2, 0) is 6.54 Å². The number of benzene rings is 1. The summed E-state index contributed by atoms with van der Waals surface area (Å²) >= 11 is 3.43. The van der Waals surface area contributed by atoms with Crippen LogP contribution in [0.15, 0.2) is 22.7 Å². The van der Waals surface area contributed by atoms with Crippen molar-refractivity contribution in [1.29, 1.82) is 0 Å². The molecule has 1 aromatic rings. The molecular formula is C14H21BrN2. The minimum Gasteiger partial charge on any atom is -0.398 e. The highest BCUT2D eigenvalue weighted by Crippen LogP contribution is 2.37. The monoisotopic (exact) mass is 296 g/mol. The number of hydrogen-bond acceptors (Lipinski definition) is 2. The second-order valence-electron chi connectivity index (χ2n) is 5.83. The lowest BCUT2D eigenvalue weighted by molar-refractivity contribution is 0.364. The summed E-state index contributed by atoms with van der Waals surface area (Å²) in [5.74, 6) is 0. The molecule has 1 aliphatic carbocycles. The van der Waals surface area contributed by atoms with Crippen molar-refractivity contribution >= 4 is 21.6 Å². The van der Waals surface area contributed by atoms with Crippen LogP contribution >= 0.6 is 15.9 Å². The Bertz CT molecular complexity index is 401. The number of nitrogens with one attached hydrogen (secondary N) is 1. The molecule has 17 heavy (non-hydrogen) atoms. The second kappa shape index (κ2) is 4.99. The molecule has 1 fully saturated rings. The molecule has 0 heterocycles. The number of halogens is 1. The Morgan fingerprint density at radius 3 is 2.82 bits per heavy atom. The molecule has 0 bridgehead atoms. The zero-order chi connectivity index (χ0) is 12.5. The first-order valence-electron chi connectivity index (χ1n) is 6.24. The number of nitrogens with two attached hydrogens (primary N) is 1. The maximum atomic E-state index is 5.99. The van der Waals surface area contributed by atoms with E-state index in [1.54, 1.807) is 0 Å². The summed E-state index contributed by atoms with van der Waals surface area (Å²) in [5.41, 5.74) is 8.55. The second-order valence-corrected chi connectivity index (χ2v) is 6.74. The molecule has 0 saturated heterocycles. The van der Waals surface area contributed by atoms with Crippen molar-refractivity contribution in [2.45, 2.75) is 45.7 Å². The predicted molar refractivity (Wildman–Crippen MR) is 76.8 cm³/mol. The molecular weight excluding hydrogens is 276 g/mol. The Morgan fingerprint density at radius 1 is 1.47 bits per heavy atom. The van der Waals surface area contributed by atoms with Crippen LogP contribution in [0.1, 0.15) is 38.7 Å². The van der Waals surface area contributed by atoms with Crippen LogP contribution in [0.4, 0.5) is 5.69 Å². The average Bonchev–Trinajstić information content (AvgIpc) is 2.57. The first kappa shape index (κ1) is 12.9. The molecule has 2 nitrogen and oxygen atoms in total. The van der Waals surface area contributed by atoms with Gasteiger partial charge in [-0.3, -0.25) is 0 Å². The van der Waals surface area contributed by atoms with Gasteiger partial charge in [0.15, 0.2) is 0 Å². The van der Waals surface area contributed by atoms with E-state index < -0.39 is 0 Å². The fourth-order valence-corrected chi connectivity index (χ4v) is 2.97. The zero-order valence-corrected chi connectivity index (χ0v) is 12.2. The minimum absolute atomic E-state index is 0.503. The topological polar surface area (TPSA) is 38.0 Å².